The summed E-state index contributed by atoms with van der Waals surface area (Å²) in [5, 5.41) is 4.55. The van der Waals surface area contributed by atoms with Crippen molar-refractivity contribution in [2.24, 2.45) is 0 Å². The van der Waals surface area contributed by atoms with E-state index in [1.54, 1.807) is 0 Å². The van der Waals surface area contributed by atoms with Crippen LogP contribution in [0, 0.1) is 0 Å². The number of nitrogens with one attached hydrogen (secondary N) is 1. The third-order valence-electron chi connectivity index (χ3n) is 4.20. The summed E-state index contributed by atoms with van der Waals surface area (Å²) in [4.78, 5) is 11.5. The minimum absolute atomic E-state index is 0.754. The van der Waals surface area contributed by atoms with Crippen LogP contribution in [-0.2, 0) is 6.54 Å². The van der Waals surface area contributed by atoms with Gasteiger partial charge in [-0.15, -0.1) is 11.3 Å². The molecule has 0 aromatic carbocycles. The lowest BCUT2D eigenvalue weighted by Gasteiger charge is -2.34. The van der Waals surface area contributed by atoms with E-state index < -0.39 is 0 Å². The molecule has 0 radical (unpaired) electrons. The smallest absolute Gasteiger partial charge is 0.185 e. The maximum Gasteiger partial charge on any atom is 0.185 e. The average molecular weight is 294 g/mol. The van der Waals surface area contributed by atoms with Crippen molar-refractivity contribution in [2.45, 2.75) is 38.6 Å². The molecule has 1 aromatic heterocycles. The Balaban J connectivity index is 1.66. The van der Waals surface area contributed by atoms with Crippen molar-refractivity contribution in [3.63, 3.8) is 0 Å². The third-order valence-corrected chi connectivity index (χ3v) is 5.33. The second kappa shape index (κ2) is 6.41. The molecule has 20 heavy (non-hydrogen) atoms. The highest BCUT2D eigenvalue weighted by Gasteiger charge is 2.30. The predicted molar refractivity (Wildman–Crippen MR) is 85.8 cm³/mol. The highest BCUT2D eigenvalue weighted by Crippen LogP contribution is 2.44. The molecule has 112 valence electrons. The van der Waals surface area contributed by atoms with Crippen LogP contribution in [0.4, 0.5) is 5.13 Å². The lowest BCUT2D eigenvalue weighted by atomic mass is 10.2. The topological polar surface area (TPSA) is 31.4 Å². The number of anilines is 1. The van der Waals surface area contributed by atoms with E-state index in [1.807, 2.05) is 18.4 Å². The molecule has 1 aliphatic heterocycles. The van der Waals surface area contributed by atoms with Crippen LogP contribution >= 0.6 is 11.3 Å². The number of thiazole rings is 1. The minimum atomic E-state index is 0.754. The van der Waals surface area contributed by atoms with Gasteiger partial charge in [-0.3, -0.25) is 4.90 Å². The van der Waals surface area contributed by atoms with Crippen LogP contribution in [0.25, 0.3) is 0 Å². The molecule has 1 aromatic rings. The lowest BCUT2D eigenvalue weighted by molar-refractivity contribution is 0.258. The summed E-state index contributed by atoms with van der Waals surface area (Å²) in [7, 11) is 2.03. The summed E-state index contributed by atoms with van der Waals surface area (Å²) >= 11 is 1.91. The van der Waals surface area contributed by atoms with E-state index in [-0.39, 0.29) is 0 Å². The summed E-state index contributed by atoms with van der Waals surface area (Å²) in [6.07, 6.45) is 3.93. The fourth-order valence-electron chi connectivity index (χ4n) is 2.93. The Labute approximate surface area is 126 Å². The van der Waals surface area contributed by atoms with Crippen LogP contribution in [0.3, 0.4) is 0 Å². The Morgan fingerprint density at radius 1 is 1.25 bits per heavy atom. The standard InChI is InChI=1S/C15H26N4S/c1-3-6-18-7-9-19(10-8-18)15-17-14(12-4-5-12)13(20-15)11-16-2/h12,16H,3-11H2,1-2H3. The molecule has 0 atom stereocenters. The normalized spacial score (nSPS) is 20.6. The van der Waals surface area contributed by atoms with Gasteiger partial charge in [-0.1, -0.05) is 6.92 Å². The van der Waals surface area contributed by atoms with E-state index >= 15 is 0 Å². The van der Waals surface area contributed by atoms with Crippen molar-refractivity contribution < 1.29 is 0 Å². The van der Waals surface area contributed by atoms with Crippen molar-refractivity contribution >= 4 is 16.5 Å². The van der Waals surface area contributed by atoms with Gasteiger partial charge in [-0.05, 0) is 32.9 Å². The molecular weight excluding hydrogens is 268 g/mol. The van der Waals surface area contributed by atoms with Crippen molar-refractivity contribution in [1.29, 1.82) is 0 Å². The summed E-state index contributed by atoms with van der Waals surface area (Å²) in [6, 6.07) is 0. The molecule has 2 heterocycles. The Morgan fingerprint density at radius 2 is 2.00 bits per heavy atom. The van der Waals surface area contributed by atoms with Gasteiger partial charge >= 0.3 is 0 Å². The largest absolute Gasteiger partial charge is 0.346 e. The van der Waals surface area contributed by atoms with Gasteiger partial charge in [0.25, 0.3) is 0 Å². The van der Waals surface area contributed by atoms with Crippen molar-refractivity contribution in [3.8, 4) is 0 Å². The predicted octanol–water partition coefficient (Wildman–Crippen LogP) is 2.27. The van der Waals surface area contributed by atoms with Crippen LogP contribution in [0.5, 0.6) is 0 Å². The molecule has 1 saturated carbocycles. The molecular formula is C15H26N4S. The second-order valence-corrected chi connectivity index (χ2v) is 7.00. The molecule has 0 unspecified atom stereocenters. The molecule has 0 spiro atoms. The number of hydrogen-bond donors (Lipinski definition) is 1. The average Bonchev–Trinajstić information content (AvgIpc) is 3.22. The molecule has 2 fully saturated rings. The molecule has 0 bridgehead atoms. The molecule has 1 saturated heterocycles. The molecule has 4 nitrogen and oxygen atoms in total. The van der Waals surface area contributed by atoms with Gasteiger partial charge in [-0.25, -0.2) is 4.98 Å². The molecule has 1 N–H and O–H groups in total. The first-order chi connectivity index (χ1) is 9.81. The van der Waals surface area contributed by atoms with E-state index in [0.717, 1.165) is 25.6 Å². The van der Waals surface area contributed by atoms with Crippen molar-refractivity contribution in [3.05, 3.63) is 10.6 Å². The van der Waals surface area contributed by atoms with E-state index in [4.69, 9.17) is 4.98 Å². The maximum absolute atomic E-state index is 4.97. The van der Waals surface area contributed by atoms with Gasteiger partial charge in [0.1, 0.15) is 0 Å². The van der Waals surface area contributed by atoms with Crippen LogP contribution in [-0.4, -0.2) is 49.7 Å². The monoisotopic (exact) mass is 294 g/mol. The van der Waals surface area contributed by atoms with Gasteiger partial charge in [0.15, 0.2) is 5.13 Å². The minimum Gasteiger partial charge on any atom is -0.346 e. The van der Waals surface area contributed by atoms with Crippen LogP contribution in [0.1, 0.15) is 42.7 Å². The second-order valence-electron chi connectivity index (χ2n) is 5.94. The lowest BCUT2D eigenvalue weighted by Crippen LogP contribution is -2.46. The first-order valence-electron chi connectivity index (χ1n) is 7.93. The first kappa shape index (κ1) is 14.3. The fraction of sp³-hybridized carbons (Fsp3) is 0.800. The van der Waals surface area contributed by atoms with Gasteiger partial charge < -0.3 is 10.2 Å². The highest BCUT2D eigenvalue weighted by molar-refractivity contribution is 7.15. The van der Waals surface area contributed by atoms with E-state index in [1.165, 1.54) is 54.6 Å². The van der Waals surface area contributed by atoms with E-state index in [9.17, 15) is 0 Å². The summed E-state index contributed by atoms with van der Waals surface area (Å²) in [6.45, 7) is 9.12. The SMILES string of the molecule is CCCN1CCN(c2nc(C3CC3)c(CNC)s2)CC1. The Hall–Kier alpha value is -0.650. The van der Waals surface area contributed by atoms with Gasteiger partial charge in [0.05, 0.1) is 5.69 Å². The Kier molecular flexibility index (Phi) is 4.58. The molecule has 5 heteroatoms. The first-order valence-corrected chi connectivity index (χ1v) is 8.75. The summed E-state index contributed by atoms with van der Waals surface area (Å²) in [5.41, 5.74) is 1.38. The fourth-order valence-corrected chi connectivity index (χ4v) is 4.14. The number of piperazine rings is 1. The summed E-state index contributed by atoms with van der Waals surface area (Å²) in [5.74, 6) is 0.754. The van der Waals surface area contributed by atoms with Gasteiger partial charge in [0.2, 0.25) is 0 Å². The maximum atomic E-state index is 4.97. The van der Waals surface area contributed by atoms with Crippen molar-refractivity contribution in [2.75, 3.05) is 44.7 Å². The number of rotatable bonds is 6. The van der Waals surface area contributed by atoms with Crippen LogP contribution in [0.2, 0.25) is 0 Å². The Bertz CT molecular complexity index is 433. The van der Waals surface area contributed by atoms with Crippen LogP contribution in [0.15, 0.2) is 0 Å². The molecule has 3 rings (SSSR count). The number of nitrogens with zero attached hydrogens (tertiary/aromatic N) is 3. The number of aromatic nitrogens is 1. The zero-order valence-corrected chi connectivity index (χ0v) is 13.5. The van der Waals surface area contributed by atoms with Crippen LogP contribution < -0.4 is 10.2 Å². The molecule has 0 amide bonds. The van der Waals surface area contributed by atoms with E-state index in [2.05, 4.69) is 22.0 Å². The summed E-state index contributed by atoms with van der Waals surface area (Å²) < 4.78 is 0. The Morgan fingerprint density at radius 3 is 2.60 bits per heavy atom. The molecule has 2 aliphatic rings. The van der Waals surface area contributed by atoms with Crippen molar-refractivity contribution in [1.82, 2.24) is 15.2 Å². The zero-order valence-electron chi connectivity index (χ0n) is 12.7. The van der Waals surface area contributed by atoms with Gasteiger partial charge in [-0.2, -0.15) is 0 Å². The molecule has 1 aliphatic carbocycles. The van der Waals surface area contributed by atoms with Gasteiger partial charge in [0, 0.05) is 43.5 Å². The third kappa shape index (κ3) is 3.15. The highest BCUT2D eigenvalue weighted by atomic mass is 32.1. The van der Waals surface area contributed by atoms with E-state index in [0.29, 0.717) is 0 Å². The quantitative estimate of drug-likeness (QED) is 0.872. The number of hydrogen-bond acceptors (Lipinski definition) is 5. The zero-order chi connectivity index (χ0) is 13.9.